The third-order valence-electron chi connectivity index (χ3n) is 2.41. The Hall–Kier alpha value is -1.39. The second-order valence-corrected chi connectivity index (χ2v) is 3.47. The Morgan fingerprint density at radius 2 is 1.73 bits per heavy atom. The van der Waals surface area contributed by atoms with E-state index in [2.05, 4.69) is 0 Å². The second-order valence-electron chi connectivity index (χ2n) is 3.47. The van der Waals surface area contributed by atoms with E-state index in [0.717, 1.165) is 5.56 Å². The SMILES string of the molecule is CC(c1ccccc1)C(O)C(O)C(=O)O. The Balaban J connectivity index is 2.77. The zero-order valence-corrected chi connectivity index (χ0v) is 8.37. The van der Waals surface area contributed by atoms with Gasteiger partial charge in [0.25, 0.3) is 0 Å². The van der Waals surface area contributed by atoms with E-state index in [0.29, 0.717) is 0 Å². The molecule has 1 aromatic carbocycles. The number of carboxylic acid groups (broad SMARTS) is 1. The average Bonchev–Trinajstić information content (AvgIpc) is 2.27. The minimum atomic E-state index is -1.75. The minimum Gasteiger partial charge on any atom is -0.479 e. The summed E-state index contributed by atoms with van der Waals surface area (Å²) in [5.74, 6) is -1.83. The number of aliphatic carboxylic acids is 1. The summed E-state index contributed by atoms with van der Waals surface area (Å²) in [7, 11) is 0. The van der Waals surface area contributed by atoms with Crippen LogP contribution in [0.25, 0.3) is 0 Å². The largest absolute Gasteiger partial charge is 0.479 e. The monoisotopic (exact) mass is 210 g/mol. The first-order valence-electron chi connectivity index (χ1n) is 4.68. The van der Waals surface area contributed by atoms with E-state index in [1.807, 2.05) is 6.07 Å². The van der Waals surface area contributed by atoms with Crippen LogP contribution in [0.1, 0.15) is 18.4 Å². The van der Waals surface area contributed by atoms with Crippen molar-refractivity contribution in [2.45, 2.75) is 25.0 Å². The Kier molecular flexibility index (Phi) is 3.82. The molecule has 15 heavy (non-hydrogen) atoms. The van der Waals surface area contributed by atoms with Crippen molar-refractivity contribution in [3.63, 3.8) is 0 Å². The van der Waals surface area contributed by atoms with E-state index in [-0.39, 0.29) is 0 Å². The molecule has 3 unspecified atom stereocenters. The molecule has 82 valence electrons. The maximum absolute atomic E-state index is 10.5. The lowest BCUT2D eigenvalue weighted by Gasteiger charge is -2.21. The van der Waals surface area contributed by atoms with Gasteiger partial charge in [0.05, 0.1) is 6.10 Å². The lowest BCUT2D eigenvalue weighted by molar-refractivity contribution is -0.153. The van der Waals surface area contributed by atoms with Crippen LogP contribution in [0.5, 0.6) is 0 Å². The highest BCUT2D eigenvalue weighted by Crippen LogP contribution is 2.20. The molecule has 3 atom stereocenters. The Morgan fingerprint density at radius 3 is 2.20 bits per heavy atom. The molecule has 0 aliphatic rings. The van der Waals surface area contributed by atoms with Crippen molar-refractivity contribution in [3.8, 4) is 0 Å². The first-order chi connectivity index (χ1) is 7.04. The Bertz CT molecular complexity index is 323. The van der Waals surface area contributed by atoms with Crippen LogP contribution in [0.2, 0.25) is 0 Å². The molecule has 0 fully saturated rings. The van der Waals surface area contributed by atoms with E-state index >= 15 is 0 Å². The summed E-state index contributed by atoms with van der Waals surface area (Å²) in [6.45, 7) is 1.67. The van der Waals surface area contributed by atoms with Gasteiger partial charge < -0.3 is 15.3 Å². The zero-order valence-electron chi connectivity index (χ0n) is 8.37. The van der Waals surface area contributed by atoms with Gasteiger partial charge in [-0.25, -0.2) is 4.79 Å². The number of aliphatic hydroxyl groups excluding tert-OH is 2. The number of hydrogen-bond donors (Lipinski definition) is 3. The minimum absolute atomic E-state index is 0.419. The molecule has 3 N–H and O–H groups in total. The van der Waals surface area contributed by atoms with Crippen LogP contribution in [0.4, 0.5) is 0 Å². The molecule has 0 heterocycles. The summed E-state index contributed by atoms with van der Waals surface area (Å²) in [6.07, 6.45) is -3.05. The van der Waals surface area contributed by atoms with Crippen LogP contribution in [0.3, 0.4) is 0 Å². The standard InChI is InChI=1S/C11H14O4/c1-7(8-5-3-2-4-6-8)9(12)10(13)11(14)15/h2-7,9-10,12-13H,1H3,(H,14,15). The van der Waals surface area contributed by atoms with Gasteiger partial charge in [-0.15, -0.1) is 0 Å². The fourth-order valence-electron chi connectivity index (χ4n) is 1.37. The van der Waals surface area contributed by atoms with Crippen LogP contribution in [-0.2, 0) is 4.79 Å². The molecule has 4 nitrogen and oxygen atoms in total. The van der Waals surface area contributed by atoms with Gasteiger partial charge in [0.2, 0.25) is 0 Å². The van der Waals surface area contributed by atoms with Gasteiger partial charge in [-0.1, -0.05) is 37.3 Å². The molecule has 0 saturated carbocycles. The molecule has 0 amide bonds. The van der Waals surface area contributed by atoms with Crippen LogP contribution in [0.15, 0.2) is 30.3 Å². The molecule has 0 aliphatic carbocycles. The fraction of sp³-hybridized carbons (Fsp3) is 0.364. The van der Waals surface area contributed by atoms with Crippen molar-refractivity contribution in [2.75, 3.05) is 0 Å². The molecule has 0 bridgehead atoms. The normalized spacial score (nSPS) is 16.7. The maximum atomic E-state index is 10.5. The van der Waals surface area contributed by atoms with Gasteiger partial charge in [-0.3, -0.25) is 0 Å². The summed E-state index contributed by atoms with van der Waals surface area (Å²) in [6, 6.07) is 8.98. The van der Waals surface area contributed by atoms with Gasteiger partial charge in [0.15, 0.2) is 6.10 Å². The number of rotatable bonds is 4. The topological polar surface area (TPSA) is 77.8 Å². The van der Waals surface area contributed by atoms with Crippen molar-refractivity contribution in [2.24, 2.45) is 0 Å². The van der Waals surface area contributed by atoms with Crippen LogP contribution in [0, 0.1) is 0 Å². The zero-order chi connectivity index (χ0) is 11.4. The Morgan fingerprint density at radius 1 is 1.20 bits per heavy atom. The van der Waals surface area contributed by atoms with Gasteiger partial charge in [-0.2, -0.15) is 0 Å². The summed E-state index contributed by atoms with van der Waals surface area (Å²) < 4.78 is 0. The van der Waals surface area contributed by atoms with E-state index in [4.69, 9.17) is 5.11 Å². The first kappa shape index (κ1) is 11.7. The molecule has 0 saturated heterocycles. The smallest absolute Gasteiger partial charge is 0.335 e. The van der Waals surface area contributed by atoms with Gasteiger partial charge >= 0.3 is 5.97 Å². The molecule has 4 heteroatoms. The van der Waals surface area contributed by atoms with Gasteiger partial charge in [0.1, 0.15) is 0 Å². The molecular formula is C11H14O4. The summed E-state index contributed by atoms with van der Waals surface area (Å²) in [4.78, 5) is 10.5. The lowest BCUT2D eigenvalue weighted by atomic mass is 9.92. The van der Waals surface area contributed by atoms with E-state index in [1.165, 1.54) is 0 Å². The van der Waals surface area contributed by atoms with Gasteiger partial charge in [-0.05, 0) is 5.56 Å². The summed E-state index contributed by atoms with van der Waals surface area (Å²) in [5, 5.41) is 27.3. The lowest BCUT2D eigenvalue weighted by Crippen LogP contribution is -2.37. The number of carboxylic acids is 1. The fourth-order valence-corrected chi connectivity index (χ4v) is 1.37. The Labute approximate surface area is 87.8 Å². The molecule has 1 rings (SSSR count). The number of carbonyl (C=O) groups is 1. The summed E-state index contributed by atoms with van der Waals surface area (Å²) in [5.41, 5.74) is 0.797. The van der Waals surface area contributed by atoms with Crippen molar-refractivity contribution in [3.05, 3.63) is 35.9 Å². The van der Waals surface area contributed by atoms with Crippen LogP contribution in [-0.4, -0.2) is 33.5 Å². The van der Waals surface area contributed by atoms with Crippen molar-refractivity contribution >= 4 is 5.97 Å². The molecule has 0 aliphatic heterocycles. The van der Waals surface area contributed by atoms with Crippen molar-refractivity contribution < 1.29 is 20.1 Å². The molecule has 0 aromatic heterocycles. The molecule has 0 spiro atoms. The quantitative estimate of drug-likeness (QED) is 0.680. The second kappa shape index (κ2) is 4.91. The number of hydrogen-bond acceptors (Lipinski definition) is 3. The van der Waals surface area contributed by atoms with Crippen LogP contribution >= 0.6 is 0 Å². The average molecular weight is 210 g/mol. The van der Waals surface area contributed by atoms with Crippen molar-refractivity contribution in [1.82, 2.24) is 0 Å². The number of aliphatic hydroxyl groups is 2. The van der Waals surface area contributed by atoms with Gasteiger partial charge in [0, 0.05) is 5.92 Å². The highest BCUT2D eigenvalue weighted by atomic mass is 16.4. The molecular weight excluding hydrogens is 196 g/mol. The highest BCUT2D eigenvalue weighted by Gasteiger charge is 2.29. The first-order valence-corrected chi connectivity index (χ1v) is 4.68. The third kappa shape index (κ3) is 2.78. The van der Waals surface area contributed by atoms with Crippen LogP contribution < -0.4 is 0 Å². The maximum Gasteiger partial charge on any atom is 0.335 e. The van der Waals surface area contributed by atoms with E-state index < -0.39 is 24.1 Å². The van der Waals surface area contributed by atoms with E-state index in [1.54, 1.807) is 31.2 Å². The molecule has 1 aromatic rings. The van der Waals surface area contributed by atoms with Crippen molar-refractivity contribution in [1.29, 1.82) is 0 Å². The summed E-state index contributed by atoms with van der Waals surface area (Å²) >= 11 is 0. The highest BCUT2D eigenvalue weighted by molar-refractivity contribution is 5.72. The molecule has 0 radical (unpaired) electrons. The third-order valence-corrected chi connectivity index (χ3v) is 2.41. The predicted molar refractivity (Wildman–Crippen MR) is 54.5 cm³/mol. The predicted octanol–water partition coefficient (Wildman–Crippen LogP) is 0.596. The van der Waals surface area contributed by atoms with E-state index in [9.17, 15) is 15.0 Å². The number of benzene rings is 1.